The van der Waals surface area contributed by atoms with Crippen molar-refractivity contribution in [2.24, 2.45) is 0 Å². The molecule has 0 saturated carbocycles. The largest absolute Gasteiger partial charge is 0.324 e. The van der Waals surface area contributed by atoms with Gasteiger partial charge in [-0.3, -0.25) is 9.03 Å². The van der Waals surface area contributed by atoms with Crippen LogP contribution in [-0.2, 0) is 10.2 Å². The van der Waals surface area contributed by atoms with Crippen LogP contribution in [0, 0.1) is 0 Å². The van der Waals surface area contributed by atoms with Crippen LogP contribution in [0.25, 0.3) is 0 Å². The van der Waals surface area contributed by atoms with Crippen LogP contribution in [0.15, 0.2) is 22.7 Å². The smallest absolute Gasteiger partial charge is 0.264 e. The molecule has 4 nitrogen and oxygen atoms in total. The fraction of sp³-hybridized carbons (Fsp3) is 0.333. The lowest BCUT2D eigenvalue weighted by atomic mass is 10.2. The fourth-order valence-corrected chi connectivity index (χ4v) is 3.33. The van der Waals surface area contributed by atoms with Crippen LogP contribution in [-0.4, -0.2) is 15.0 Å². The predicted molar refractivity (Wildman–Crippen MR) is 64.3 cm³/mol. The Morgan fingerprint density at radius 3 is 2.87 bits per heavy atom. The maximum absolute atomic E-state index is 11.7. The van der Waals surface area contributed by atoms with Crippen LogP contribution in [0.5, 0.6) is 0 Å². The van der Waals surface area contributed by atoms with Crippen LogP contribution in [0.1, 0.15) is 13.3 Å². The van der Waals surface area contributed by atoms with E-state index < -0.39 is 10.2 Å². The molecule has 1 aromatic rings. The molecule has 0 aromatic heterocycles. The summed E-state index contributed by atoms with van der Waals surface area (Å²) in [6.45, 7) is 2.45. The molecule has 1 aliphatic heterocycles. The van der Waals surface area contributed by atoms with E-state index in [0.29, 0.717) is 12.2 Å². The summed E-state index contributed by atoms with van der Waals surface area (Å²) in [6, 6.07) is 5.40. The van der Waals surface area contributed by atoms with E-state index in [-0.39, 0.29) is 0 Å². The average Bonchev–Trinajstić information content (AvgIpc) is 2.37. The molecule has 1 N–H and O–H groups in total. The van der Waals surface area contributed by atoms with Crippen molar-refractivity contribution in [1.82, 2.24) is 0 Å². The molecule has 0 fully saturated rings. The average molecular weight is 291 g/mol. The van der Waals surface area contributed by atoms with Gasteiger partial charge < -0.3 is 0 Å². The van der Waals surface area contributed by atoms with Crippen molar-refractivity contribution in [3.05, 3.63) is 22.7 Å². The van der Waals surface area contributed by atoms with Crippen LogP contribution >= 0.6 is 15.9 Å². The standard InChI is InChI=1S/C9H11BrN2O2S/c1-2-5-12-9-4-3-7(10)6-8(9)11-15(12,13)14/h3-4,6,11H,2,5H2,1H3. The molecule has 0 radical (unpaired) electrons. The Morgan fingerprint density at radius 2 is 2.20 bits per heavy atom. The van der Waals surface area contributed by atoms with E-state index in [1.54, 1.807) is 12.1 Å². The molecular formula is C9H11BrN2O2S. The second kappa shape index (κ2) is 3.68. The Hall–Kier alpha value is -0.750. The van der Waals surface area contributed by atoms with Gasteiger partial charge >= 0.3 is 10.2 Å². The molecule has 1 aromatic carbocycles. The van der Waals surface area contributed by atoms with Gasteiger partial charge in [-0.2, -0.15) is 8.42 Å². The van der Waals surface area contributed by atoms with Gasteiger partial charge in [0.1, 0.15) is 0 Å². The summed E-state index contributed by atoms with van der Waals surface area (Å²) in [4.78, 5) is 0. The van der Waals surface area contributed by atoms with Gasteiger partial charge in [0.05, 0.1) is 11.4 Å². The van der Waals surface area contributed by atoms with Crippen LogP contribution < -0.4 is 9.03 Å². The third-order valence-corrected chi connectivity index (χ3v) is 4.11. The highest BCUT2D eigenvalue weighted by molar-refractivity contribution is 9.10. The van der Waals surface area contributed by atoms with Crippen molar-refractivity contribution >= 4 is 37.5 Å². The highest BCUT2D eigenvalue weighted by atomic mass is 79.9. The van der Waals surface area contributed by atoms with Gasteiger partial charge in [-0.15, -0.1) is 0 Å². The van der Waals surface area contributed by atoms with Gasteiger partial charge in [0, 0.05) is 11.0 Å². The molecule has 2 rings (SSSR count). The maximum atomic E-state index is 11.7. The molecule has 1 aliphatic rings. The number of benzene rings is 1. The van der Waals surface area contributed by atoms with Gasteiger partial charge in [0.2, 0.25) is 0 Å². The Morgan fingerprint density at radius 1 is 1.47 bits per heavy atom. The van der Waals surface area contributed by atoms with E-state index >= 15 is 0 Å². The number of nitrogens with one attached hydrogen (secondary N) is 1. The number of rotatable bonds is 2. The Bertz CT molecular complexity index is 487. The van der Waals surface area contributed by atoms with Crippen molar-refractivity contribution in [3.8, 4) is 0 Å². The van der Waals surface area contributed by atoms with Crippen LogP contribution in [0.4, 0.5) is 11.4 Å². The predicted octanol–water partition coefficient (Wildman–Crippen LogP) is 2.34. The molecule has 0 unspecified atom stereocenters. The zero-order valence-corrected chi connectivity index (χ0v) is 10.6. The minimum atomic E-state index is -3.36. The van der Waals surface area contributed by atoms with Gasteiger partial charge in [-0.25, -0.2) is 0 Å². The number of hydrogen-bond acceptors (Lipinski definition) is 2. The van der Waals surface area contributed by atoms with E-state index in [9.17, 15) is 8.42 Å². The highest BCUT2D eigenvalue weighted by Crippen LogP contribution is 2.37. The highest BCUT2D eigenvalue weighted by Gasteiger charge is 2.31. The maximum Gasteiger partial charge on any atom is 0.324 e. The summed E-state index contributed by atoms with van der Waals surface area (Å²) in [7, 11) is -3.36. The topological polar surface area (TPSA) is 49.4 Å². The van der Waals surface area contributed by atoms with Crippen molar-refractivity contribution in [3.63, 3.8) is 0 Å². The second-order valence-corrected chi connectivity index (χ2v) is 5.85. The number of nitrogens with zero attached hydrogens (tertiary/aromatic N) is 1. The molecule has 0 amide bonds. The van der Waals surface area contributed by atoms with E-state index in [1.165, 1.54) is 4.31 Å². The molecule has 0 aliphatic carbocycles. The van der Waals surface area contributed by atoms with Gasteiger partial charge in [-0.05, 0) is 24.6 Å². The fourth-order valence-electron chi connectivity index (χ4n) is 1.57. The molecule has 15 heavy (non-hydrogen) atoms. The van der Waals surface area contributed by atoms with Gasteiger partial charge in [-0.1, -0.05) is 22.9 Å². The summed E-state index contributed by atoms with van der Waals surface area (Å²) < 4.78 is 28.2. The molecular weight excluding hydrogens is 280 g/mol. The third-order valence-electron chi connectivity index (χ3n) is 2.18. The number of fused-ring (bicyclic) bond motifs is 1. The summed E-state index contributed by atoms with van der Waals surface area (Å²) in [5.41, 5.74) is 1.36. The number of hydrogen-bond donors (Lipinski definition) is 1. The summed E-state index contributed by atoms with van der Waals surface area (Å²) in [5.74, 6) is 0. The van der Waals surface area contributed by atoms with Crippen molar-refractivity contribution in [2.75, 3.05) is 15.6 Å². The first-order chi connectivity index (χ1) is 7.04. The zero-order chi connectivity index (χ0) is 11.1. The molecule has 0 atom stereocenters. The SMILES string of the molecule is CCCN1c2ccc(Br)cc2NS1(=O)=O. The molecule has 0 bridgehead atoms. The molecule has 0 saturated heterocycles. The monoisotopic (exact) mass is 290 g/mol. The molecule has 82 valence electrons. The summed E-state index contributed by atoms with van der Waals surface area (Å²) in [6.07, 6.45) is 0.788. The molecule has 0 spiro atoms. The Kier molecular flexibility index (Phi) is 2.64. The first kappa shape index (κ1) is 10.8. The van der Waals surface area contributed by atoms with Gasteiger partial charge in [0.15, 0.2) is 0 Å². The van der Waals surface area contributed by atoms with E-state index in [4.69, 9.17) is 0 Å². The third kappa shape index (κ3) is 1.83. The zero-order valence-electron chi connectivity index (χ0n) is 8.20. The Labute approximate surface area is 97.6 Å². The summed E-state index contributed by atoms with van der Waals surface area (Å²) in [5, 5.41) is 0. The molecule has 6 heteroatoms. The van der Waals surface area contributed by atoms with E-state index in [2.05, 4.69) is 20.7 Å². The lowest BCUT2D eigenvalue weighted by molar-refractivity contribution is 0.597. The minimum Gasteiger partial charge on any atom is -0.264 e. The molecule has 1 heterocycles. The lowest BCUT2D eigenvalue weighted by Crippen LogP contribution is -2.30. The first-order valence-corrected chi connectivity index (χ1v) is 6.88. The van der Waals surface area contributed by atoms with E-state index in [0.717, 1.165) is 16.6 Å². The number of anilines is 2. The number of halogens is 1. The second-order valence-electron chi connectivity index (χ2n) is 3.34. The van der Waals surface area contributed by atoms with E-state index in [1.807, 2.05) is 13.0 Å². The lowest BCUT2D eigenvalue weighted by Gasteiger charge is -2.15. The Balaban J connectivity index is 2.50. The normalized spacial score (nSPS) is 17.3. The van der Waals surface area contributed by atoms with Gasteiger partial charge in [0.25, 0.3) is 0 Å². The quantitative estimate of drug-likeness (QED) is 0.909. The van der Waals surface area contributed by atoms with Crippen LogP contribution in [0.2, 0.25) is 0 Å². The van der Waals surface area contributed by atoms with Crippen molar-refractivity contribution in [1.29, 1.82) is 0 Å². The van der Waals surface area contributed by atoms with Crippen LogP contribution in [0.3, 0.4) is 0 Å². The summed E-state index contributed by atoms with van der Waals surface area (Å²) >= 11 is 3.31. The van der Waals surface area contributed by atoms with Crippen molar-refractivity contribution < 1.29 is 8.42 Å². The van der Waals surface area contributed by atoms with Crippen molar-refractivity contribution in [2.45, 2.75) is 13.3 Å². The minimum absolute atomic E-state index is 0.504. The first-order valence-electron chi connectivity index (χ1n) is 4.64.